The number of anilines is 1. The fourth-order valence-corrected chi connectivity index (χ4v) is 3.77. The monoisotopic (exact) mass is 363 g/mol. The molecule has 25 heavy (non-hydrogen) atoms. The summed E-state index contributed by atoms with van der Waals surface area (Å²) in [5.41, 5.74) is -0.350. The molecule has 2 atom stereocenters. The summed E-state index contributed by atoms with van der Waals surface area (Å²) in [6, 6.07) is 6.24. The fraction of sp³-hybridized carbons (Fsp3) is 0.529. The molecule has 0 N–H and O–H groups in total. The molecule has 0 aromatic heterocycles. The van der Waals surface area contributed by atoms with E-state index in [4.69, 9.17) is 4.74 Å². The lowest BCUT2D eigenvalue weighted by molar-refractivity contribution is -0.384. The van der Waals surface area contributed by atoms with Gasteiger partial charge in [-0.05, 0) is 45.6 Å². The summed E-state index contributed by atoms with van der Waals surface area (Å²) in [4.78, 5) is 29.5. The molecule has 1 aromatic rings. The highest BCUT2D eigenvalue weighted by Crippen LogP contribution is 2.42. The number of carbonyl (C=O) groups is 1. The van der Waals surface area contributed by atoms with Gasteiger partial charge in [0, 0.05) is 17.9 Å². The molecule has 2 aliphatic rings. The SMILES string of the molecule is CC(C)(C)OC(=O)N(C1=N[C@@H]2C[C@@H]2CCS1)c1cccc([N+](=O)[O-])c1. The molecule has 3 rings (SSSR count). The lowest BCUT2D eigenvalue weighted by atomic mass is 10.2. The molecule has 1 aliphatic heterocycles. The summed E-state index contributed by atoms with van der Waals surface area (Å²) >= 11 is 1.49. The molecule has 1 heterocycles. The third-order valence-corrected chi connectivity index (χ3v) is 4.93. The number of benzene rings is 1. The van der Waals surface area contributed by atoms with Crippen LogP contribution in [0.2, 0.25) is 0 Å². The highest BCUT2D eigenvalue weighted by molar-refractivity contribution is 8.14. The Morgan fingerprint density at radius 2 is 2.20 bits per heavy atom. The third-order valence-electron chi connectivity index (χ3n) is 3.95. The van der Waals surface area contributed by atoms with Crippen molar-refractivity contribution in [3.8, 4) is 0 Å². The molecule has 0 radical (unpaired) electrons. The van der Waals surface area contributed by atoms with Crippen molar-refractivity contribution in [2.75, 3.05) is 10.7 Å². The Labute approximate surface area is 150 Å². The molecule has 134 valence electrons. The topological polar surface area (TPSA) is 85.0 Å². The first-order valence-corrected chi connectivity index (χ1v) is 9.21. The predicted octanol–water partition coefficient (Wildman–Crippen LogP) is 4.22. The van der Waals surface area contributed by atoms with Crippen molar-refractivity contribution in [3.05, 3.63) is 34.4 Å². The number of thioether (sulfide) groups is 1. The van der Waals surface area contributed by atoms with Crippen LogP contribution in [0.15, 0.2) is 29.3 Å². The number of hydrogen-bond acceptors (Lipinski definition) is 6. The number of hydrogen-bond donors (Lipinski definition) is 0. The maximum Gasteiger partial charge on any atom is 0.421 e. The van der Waals surface area contributed by atoms with Crippen LogP contribution >= 0.6 is 11.8 Å². The van der Waals surface area contributed by atoms with E-state index < -0.39 is 16.6 Å². The lowest BCUT2D eigenvalue weighted by Crippen LogP contribution is -2.40. The van der Waals surface area contributed by atoms with Crippen LogP contribution in [0.25, 0.3) is 0 Å². The zero-order chi connectivity index (χ0) is 18.2. The zero-order valence-electron chi connectivity index (χ0n) is 14.5. The van der Waals surface area contributed by atoms with E-state index >= 15 is 0 Å². The van der Waals surface area contributed by atoms with Crippen molar-refractivity contribution < 1.29 is 14.5 Å². The van der Waals surface area contributed by atoms with E-state index in [0.717, 1.165) is 18.6 Å². The number of non-ortho nitro benzene ring substituents is 1. The Kier molecular flexibility index (Phi) is 4.73. The van der Waals surface area contributed by atoms with Gasteiger partial charge < -0.3 is 4.74 Å². The maximum atomic E-state index is 12.8. The number of carbonyl (C=O) groups excluding carboxylic acids is 1. The number of aliphatic imine (C=N–C) groups is 1. The Morgan fingerprint density at radius 1 is 1.44 bits per heavy atom. The van der Waals surface area contributed by atoms with E-state index in [1.54, 1.807) is 32.9 Å². The number of amidine groups is 1. The van der Waals surface area contributed by atoms with E-state index in [-0.39, 0.29) is 11.7 Å². The highest BCUT2D eigenvalue weighted by atomic mass is 32.2. The van der Waals surface area contributed by atoms with Gasteiger partial charge in [0.1, 0.15) is 5.60 Å². The molecule has 1 saturated carbocycles. The van der Waals surface area contributed by atoms with Crippen LogP contribution in [-0.4, -0.2) is 33.6 Å². The smallest absolute Gasteiger partial charge is 0.421 e. The van der Waals surface area contributed by atoms with Crippen LogP contribution in [-0.2, 0) is 4.74 Å². The fourth-order valence-electron chi connectivity index (χ4n) is 2.65. The van der Waals surface area contributed by atoms with Crippen LogP contribution in [0.5, 0.6) is 0 Å². The van der Waals surface area contributed by atoms with Crippen molar-refractivity contribution in [2.45, 2.75) is 45.3 Å². The molecular weight excluding hydrogens is 342 g/mol. The number of fused-ring (bicyclic) bond motifs is 1. The summed E-state index contributed by atoms with van der Waals surface area (Å²) in [5.74, 6) is 1.46. The van der Waals surface area contributed by atoms with Crippen LogP contribution in [0.1, 0.15) is 33.6 Å². The second-order valence-electron chi connectivity index (χ2n) is 7.20. The van der Waals surface area contributed by atoms with Gasteiger partial charge in [-0.15, -0.1) is 0 Å². The molecule has 0 bridgehead atoms. The Bertz CT molecular complexity index is 729. The zero-order valence-corrected chi connectivity index (χ0v) is 15.3. The lowest BCUT2D eigenvalue weighted by Gasteiger charge is -2.27. The largest absolute Gasteiger partial charge is 0.443 e. The average molecular weight is 363 g/mol. The highest BCUT2D eigenvalue weighted by Gasteiger charge is 2.40. The van der Waals surface area contributed by atoms with Gasteiger partial charge in [-0.1, -0.05) is 17.8 Å². The molecule has 8 heteroatoms. The van der Waals surface area contributed by atoms with Crippen molar-refractivity contribution in [3.63, 3.8) is 0 Å². The van der Waals surface area contributed by atoms with Gasteiger partial charge in [0.2, 0.25) is 0 Å². The van der Waals surface area contributed by atoms with Gasteiger partial charge in [0.05, 0.1) is 16.7 Å². The van der Waals surface area contributed by atoms with Crippen LogP contribution in [0.3, 0.4) is 0 Å². The van der Waals surface area contributed by atoms with Gasteiger partial charge in [-0.2, -0.15) is 0 Å². The van der Waals surface area contributed by atoms with Crippen LogP contribution in [0.4, 0.5) is 16.2 Å². The van der Waals surface area contributed by atoms with E-state index in [2.05, 4.69) is 4.99 Å². The van der Waals surface area contributed by atoms with Gasteiger partial charge in [0.25, 0.3) is 5.69 Å². The van der Waals surface area contributed by atoms with Crippen molar-refractivity contribution in [1.29, 1.82) is 0 Å². The van der Waals surface area contributed by atoms with E-state index in [9.17, 15) is 14.9 Å². The molecule has 1 aliphatic carbocycles. The molecule has 1 aromatic carbocycles. The minimum absolute atomic E-state index is 0.0745. The van der Waals surface area contributed by atoms with Crippen molar-refractivity contribution >= 4 is 34.4 Å². The van der Waals surface area contributed by atoms with Gasteiger partial charge >= 0.3 is 6.09 Å². The number of ether oxygens (including phenoxy) is 1. The molecule has 1 amide bonds. The standard InChI is InChI=1S/C17H21N3O4S/c1-17(2,3)24-16(21)19(12-5-4-6-13(10-12)20(22)23)15-18-14-9-11(14)7-8-25-15/h4-6,10-11,14H,7-9H2,1-3H3/t11-,14+/m0/s1. The molecule has 0 saturated heterocycles. The van der Waals surface area contributed by atoms with Crippen LogP contribution < -0.4 is 4.90 Å². The molecule has 0 unspecified atom stereocenters. The quantitative estimate of drug-likeness (QED) is 0.580. The Hall–Kier alpha value is -2.09. The second-order valence-corrected chi connectivity index (χ2v) is 8.27. The molecule has 1 fully saturated rings. The first-order chi connectivity index (χ1) is 11.7. The molecule has 0 spiro atoms. The number of rotatable bonds is 2. The summed E-state index contributed by atoms with van der Waals surface area (Å²) < 4.78 is 5.52. The minimum Gasteiger partial charge on any atom is -0.443 e. The third kappa shape index (κ3) is 4.31. The summed E-state index contributed by atoms with van der Waals surface area (Å²) in [6.07, 6.45) is 1.54. The van der Waals surface area contributed by atoms with Gasteiger partial charge in [-0.3, -0.25) is 15.1 Å². The van der Waals surface area contributed by atoms with Crippen LogP contribution in [0, 0.1) is 16.0 Å². The summed E-state index contributed by atoms with van der Waals surface area (Å²) in [6.45, 7) is 5.36. The van der Waals surface area contributed by atoms with Gasteiger partial charge in [-0.25, -0.2) is 9.69 Å². The first kappa shape index (κ1) is 17.7. The van der Waals surface area contributed by atoms with E-state index in [0.29, 0.717) is 16.8 Å². The maximum absolute atomic E-state index is 12.8. The number of amides is 1. The van der Waals surface area contributed by atoms with Gasteiger partial charge in [0.15, 0.2) is 5.17 Å². The normalized spacial score (nSPS) is 22.3. The number of nitrogens with zero attached hydrogens (tertiary/aromatic N) is 3. The summed E-state index contributed by atoms with van der Waals surface area (Å²) in [7, 11) is 0. The average Bonchev–Trinajstić information content (AvgIpc) is 3.24. The van der Waals surface area contributed by atoms with Crippen molar-refractivity contribution in [2.24, 2.45) is 10.9 Å². The Balaban J connectivity index is 1.98. The Morgan fingerprint density at radius 3 is 2.88 bits per heavy atom. The molecular formula is C17H21N3O4S. The minimum atomic E-state index is -0.673. The molecule has 7 nitrogen and oxygen atoms in total. The number of nitro groups is 1. The summed E-state index contributed by atoms with van der Waals surface area (Å²) in [5, 5.41) is 11.7. The first-order valence-electron chi connectivity index (χ1n) is 8.23. The number of nitro benzene ring substituents is 1. The van der Waals surface area contributed by atoms with E-state index in [1.807, 2.05) is 0 Å². The second kappa shape index (κ2) is 6.67. The van der Waals surface area contributed by atoms with Crippen molar-refractivity contribution in [1.82, 2.24) is 0 Å². The predicted molar refractivity (Wildman–Crippen MR) is 98.2 cm³/mol. The van der Waals surface area contributed by atoms with E-state index in [1.165, 1.54) is 28.8 Å².